The zero-order chi connectivity index (χ0) is 18.2. The quantitative estimate of drug-likeness (QED) is 0.649. The molecular formula is C20H25NO4. The number of benzene rings is 2. The first-order valence-electron chi connectivity index (χ1n) is 8.33. The van der Waals surface area contributed by atoms with Crippen LogP contribution in [0.1, 0.15) is 17.5 Å². The van der Waals surface area contributed by atoms with Gasteiger partial charge in [-0.15, -0.1) is 0 Å². The van der Waals surface area contributed by atoms with Crippen LogP contribution < -0.4 is 10.5 Å². The molecule has 0 heterocycles. The molecule has 3 unspecified atom stereocenters. The van der Waals surface area contributed by atoms with Crippen molar-refractivity contribution >= 4 is 5.97 Å². The van der Waals surface area contributed by atoms with Crippen molar-refractivity contribution in [1.82, 2.24) is 0 Å². The number of carbonyl (C=O) groups is 1. The number of hydrogen-bond acceptors (Lipinski definition) is 4. The van der Waals surface area contributed by atoms with E-state index >= 15 is 0 Å². The molecule has 0 saturated carbocycles. The molecule has 0 saturated heterocycles. The molecule has 2 aromatic carbocycles. The van der Waals surface area contributed by atoms with Crippen molar-refractivity contribution in [2.45, 2.75) is 31.4 Å². The molecule has 0 spiro atoms. The number of hydrogen-bond donors (Lipinski definition) is 3. The Morgan fingerprint density at radius 3 is 2.20 bits per heavy atom. The highest BCUT2D eigenvalue weighted by atomic mass is 16.5. The molecular weight excluding hydrogens is 318 g/mol. The van der Waals surface area contributed by atoms with Crippen LogP contribution in [0.3, 0.4) is 0 Å². The van der Waals surface area contributed by atoms with Crippen molar-refractivity contribution in [3.63, 3.8) is 0 Å². The lowest BCUT2D eigenvalue weighted by atomic mass is 9.90. The maximum absolute atomic E-state index is 11.5. The predicted octanol–water partition coefficient (Wildman–Crippen LogP) is 2.26. The maximum atomic E-state index is 11.5. The second-order valence-corrected chi connectivity index (χ2v) is 6.24. The van der Waals surface area contributed by atoms with Crippen LogP contribution in [0.25, 0.3) is 0 Å². The Balaban J connectivity index is 1.94. The van der Waals surface area contributed by atoms with Crippen molar-refractivity contribution < 1.29 is 19.7 Å². The summed E-state index contributed by atoms with van der Waals surface area (Å²) in [6, 6.07) is 16.4. The predicted molar refractivity (Wildman–Crippen MR) is 96.6 cm³/mol. The molecule has 0 fully saturated rings. The van der Waals surface area contributed by atoms with Gasteiger partial charge in [-0.3, -0.25) is 4.79 Å². The smallest absolute Gasteiger partial charge is 0.306 e. The average molecular weight is 343 g/mol. The molecule has 2 aromatic rings. The van der Waals surface area contributed by atoms with E-state index in [4.69, 9.17) is 10.5 Å². The fourth-order valence-electron chi connectivity index (χ4n) is 2.81. The molecule has 0 aliphatic heterocycles. The highest BCUT2D eigenvalue weighted by Gasteiger charge is 2.25. The Labute approximate surface area is 148 Å². The first kappa shape index (κ1) is 19.0. The highest BCUT2D eigenvalue weighted by Crippen LogP contribution is 2.18. The molecule has 25 heavy (non-hydrogen) atoms. The Kier molecular flexibility index (Phi) is 6.98. The van der Waals surface area contributed by atoms with E-state index in [1.165, 1.54) is 0 Å². The molecule has 0 aliphatic carbocycles. The Hall–Kier alpha value is -2.37. The third-order valence-electron chi connectivity index (χ3n) is 4.32. The van der Waals surface area contributed by atoms with Gasteiger partial charge in [-0.25, -0.2) is 0 Å². The van der Waals surface area contributed by atoms with Gasteiger partial charge < -0.3 is 20.7 Å². The van der Waals surface area contributed by atoms with Crippen molar-refractivity contribution in [2.75, 3.05) is 7.11 Å². The van der Waals surface area contributed by atoms with Gasteiger partial charge in [0, 0.05) is 6.04 Å². The second-order valence-electron chi connectivity index (χ2n) is 6.24. The normalized spacial score (nSPS) is 14.5. The van der Waals surface area contributed by atoms with Crippen molar-refractivity contribution in [2.24, 2.45) is 11.7 Å². The molecule has 0 radical (unpaired) electrons. The van der Waals surface area contributed by atoms with Gasteiger partial charge in [0.2, 0.25) is 0 Å². The van der Waals surface area contributed by atoms with E-state index in [0.29, 0.717) is 12.8 Å². The van der Waals surface area contributed by atoms with Gasteiger partial charge in [0.25, 0.3) is 0 Å². The summed E-state index contributed by atoms with van der Waals surface area (Å²) in [5.41, 5.74) is 8.00. The van der Waals surface area contributed by atoms with Crippen LogP contribution in [0.2, 0.25) is 0 Å². The van der Waals surface area contributed by atoms with Crippen molar-refractivity contribution in [1.29, 1.82) is 0 Å². The van der Waals surface area contributed by atoms with Gasteiger partial charge in [0.15, 0.2) is 0 Å². The summed E-state index contributed by atoms with van der Waals surface area (Å²) in [6.07, 6.45) is 0.0966. The van der Waals surface area contributed by atoms with Crippen molar-refractivity contribution in [3.05, 3.63) is 65.7 Å². The van der Waals surface area contributed by atoms with Gasteiger partial charge in [-0.1, -0.05) is 42.5 Å². The third kappa shape index (κ3) is 5.89. The minimum Gasteiger partial charge on any atom is -0.497 e. The highest BCUT2D eigenvalue weighted by molar-refractivity contribution is 5.70. The summed E-state index contributed by atoms with van der Waals surface area (Å²) in [7, 11) is 1.60. The van der Waals surface area contributed by atoms with E-state index in [9.17, 15) is 15.0 Å². The van der Waals surface area contributed by atoms with Crippen LogP contribution in [0.5, 0.6) is 5.75 Å². The summed E-state index contributed by atoms with van der Waals surface area (Å²) < 4.78 is 5.11. The number of carboxylic acids is 1. The Morgan fingerprint density at radius 1 is 1.04 bits per heavy atom. The summed E-state index contributed by atoms with van der Waals surface area (Å²) in [5.74, 6) is -0.828. The average Bonchev–Trinajstić information content (AvgIpc) is 2.62. The van der Waals surface area contributed by atoms with Gasteiger partial charge in [-0.05, 0) is 42.5 Å². The van der Waals surface area contributed by atoms with Gasteiger partial charge in [-0.2, -0.15) is 0 Å². The monoisotopic (exact) mass is 343 g/mol. The Bertz CT molecular complexity index is 657. The lowest BCUT2D eigenvalue weighted by Gasteiger charge is -2.22. The number of ether oxygens (including phenoxy) is 1. The summed E-state index contributed by atoms with van der Waals surface area (Å²) in [6.45, 7) is 0. The zero-order valence-electron chi connectivity index (χ0n) is 14.3. The minimum atomic E-state index is -0.917. The largest absolute Gasteiger partial charge is 0.497 e. The zero-order valence-corrected chi connectivity index (χ0v) is 14.3. The fraction of sp³-hybridized carbons (Fsp3) is 0.350. The van der Waals surface area contributed by atoms with Gasteiger partial charge in [0.05, 0.1) is 19.1 Å². The molecule has 0 amide bonds. The van der Waals surface area contributed by atoms with E-state index in [1.807, 2.05) is 54.6 Å². The number of aliphatic hydroxyl groups is 1. The molecule has 2 rings (SSSR count). The van der Waals surface area contributed by atoms with E-state index in [-0.39, 0.29) is 6.42 Å². The van der Waals surface area contributed by atoms with E-state index in [2.05, 4.69) is 0 Å². The number of aliphatic hydroxyl groups excluding tert-OH is 1. The second kappa shape index (κ2) is 9.20. The van der Waals surface area contributed by atoms with E-state index in [0.717, 1.165) is 16.9 Å². The van der Waals surface area contributed by atoms with Crippen LogP contribution in [0.15, 0.2) is 54.6 Å². The lowest BCUT2D eigenvalue weighted by molar-refractivity contribution is -0.142. The van der Waals surface area contributed by atoms with Crippen LogP contribution in [0, 0.1) is 5.92 Å². The number of aliphatic carboxylic acids is 1. The molecule has 4 N–H and O–H groups in total. The first-order chi connectivity index (χ1) is 12.0. The summed E-state index contributed by atoms with van der Waals surface area (Å²) >= 11 is 0. The number of carboxylic acid groups (broad SMARTS) is 1. The number of nitrogens with two attached hydrogens (primary N) is 1. The number of rotatable bonds is 9. The Morgan fingerprint density at radius 2 is 1.64 bits per heavy atom. The first-order valence-corrected chi connectivity index (χ1v) is 8.33. The van der Waals surface area contributed by atoms with Crippen LogP contribution in [0.4, 0.5) is 0 Å². The van der Waals surface area contributed by atoms with Crippen LogP contribution in [-0.4, -0.2) is 35.4 Å². The van der Waals surface area contributed by atoms with Gasteiger partial charge >= 0.3 is 5.97 Å². The molecule has 3 atom stereocenters. The molecule has 5 heteroatoms. The minimum absolute atomic E-state index is 0.127. The van der Waals surface area contributed by atoms with E-state index in [1.54, 1.807) is 7.11 Å². The maximum Gasteiger partial charge on any atom is 0.306 e. The molecule has 5 nitrogen and oxygen atoms in total. The number of methoxy groups -OCH3 is 1. The SMILES string of the molecule is COc1ccc(CC(N)C(O)CC(Cc2ccccc2)C(=O)O)cc1. The third-order valence-corrected chi connectivity index (χ3v) is 4.32. The van der Waals surface area contributed by atoms with Crippen molar-refractivity contribution in [3.8, 4) is 5.75 Å². The van der Waals surface area contributed by atoms with Gasteiger partial charge in [0.1, 0.15) is 5.75 Å². The molecule has 0 aliphatic rings. The van der Waals surface area contributed by atoms with E-state index < -0.39 is 24.0 Å². The lowest BCUT2D eigenvalue weighted by Crippen LogP contribution is -2.39. The fourth-order valence-corrected chi connectivity index (χ4v) is 2.81. The topological polar surface area (TPSA) is 92.8 Å². The summed E-state index contributed by atoms with van der Waals surface area (Å²) in [5, 5.41) is 19.8. The molecule has 134 valence electrons. The van der Waals surface area contributed by atoms with Crippen LogP contribution in [-0.2, 0) is 17.6 Å². The van der Waals surface area contributed by atoms with Crippen LogP contribution >= 0.6 is 0 Å². The molecule has 0 bridgehead atoms. The summed E-state index contributed by atoms with van der Waals surface area (Å²) in [4.78, 5) is 11.5. The molecule has 0 aromatic heterocycles. The standard InChI is InChI=1S/C20H25NO4/c1-25-17-9-7-15(8-10-17)12-18(21)19(22)13-16(20(23)24)11-14-5-3-2-4-6-14/h2-10,16,18-19,22H,11-13,21H2,1H3,(H,23,24).